The minimum absolute atomic E-state index is 0.543. The Balaban J connectivity index is 1.92. The Kier molecular flexibility index (Phi) is 5.89. The molecule has 0 bridgehead atoms. The molecule has 1 saturated heterocycles. The number of hydrogen-bond acceptors (Lipinski definition) is 5. The molecular formula is C14H24N4OS2. The van der Waals surface area contributed by atoms with Crippen molar-refractivity contribution in [1.82, 2.24) is 15.6 Å². The van der Waals surface area contributed by atoms with E-state index in [0.29, 0.717) is 13.1 Å². The highest BCUT2D eigenvalue weighted by Crippen LogP contribution is 2.26. The van der Waals surface area contributed by atoms with Crippen molar-refractivity contribution in [2.75, 3.05) is 24.6 Å². The minimum Gasteiger partial charge on any atom is -0.387 e. The van der Waals surface area contributed by atoms with Gasteiger partial charge in [0.1, 0.15) is 5.01 Å². The van der Waals surface area contributed by atoms with E-state index in [9.17, 15) is 5.11 Å². The van der Waals surface area contributed by atoms with Crippen LogP contribution in [0.2, 0.25) is 0 Å². The Morgan fingerprint density at radius 3 is 2.81 bits per heavy atom. The smallest absolute Gasteiger partial charge is 0.191 e. The highest BCUT2D eigenvalue weighted by molar-refractivity contribution is 7.99. The van der Waals surface area contributed by atoms with Gasteiger partial charge in [-0.1, -0.05) is 0 Å². The molecule has 3 N–H and O–H groups in total. The molecular weight excluding hydrogens is 304 g/mol. The summed E-state index contributed by atoms with van der Waals surface area (Å²) in [6, 6.07) is 0. The van der Waals surface area contributed by atoms with Crippen molar-refractivity contribution in [2.24, 2.45) is 4.99 Å². The number of hydrogen-bond donors (Lipinski definition) is 3. The number of thiazole rings is 1. The van der Waals surface area contributed by atoms with Crippen LogP contribution in [0, 0.1) is 13.8 Å². The summed E-state index contributed by atoms with van der Waals surface area (Å²) in [5, 5.41) is 17.8. The molecule has 0 saturated carbocycles. The molecule has 0 spiro atoms. The quantitative estimate of drug-likeness (QED) is 0.567. The fourth-order valence-electron chi connectivity index (χ4n) is 2.08. The van der Waals surface area contributed by atoms with Crippen molar-refractivity contribution < 1.29 is 5.11 Å². The second kappa shape index (κ2) is 7.47. The first-order chi connectivity index (χ1) is 10.0. The molecule has 1 aliphatic heterocycles. The minimum atomic E-state index is -0.602. The summed E-state index contributed by atoms with van der Waals surface area (Å²) in [6.45, 7) is 8.06. The van der Waals surface area contributed by atoms with E-state index in [0.717, 1.165) is 41.1 Å². The van der Waals surface area contributed by atoms with Gasteiger partial charge >= 0.3 is 0 Å². The van der Waals surface area contributed by atoms with Crippen LogP contribution in [0.5, 0.6) is 0 Å². The van der Waals surface area contributed by atoms with E-state index < -0.39 is 5.60 Å². The lowest BCUT2D eigenvalue weighted by Crippen LogP contribution is -2.47. The number of nitrogens with one attached hydrogen (secondary N) is 2. The molecule has 2 heterocycles. The van der Waals surface area contributed by atoms with Crippen LogP contribution >= 0.6 is 23.1 Å². The summed E-state index contributed by atoms with van der Waals surface area (Å²) < 4.78 is 0. The topological polar surface area (TPSA) is 69.5 Å². The largest absolute Gasteiger partial charge is 0.387 e. The lowest BCUT2D eigenvalue weighted by atomic mass is 10.0. The van der Waals surface area contributed by atoms with Gasteiger partial charge in [-0.2, -0.15) is 11.8 Å². The van der Waals surface area contributed by atoms with Crippen molar-refractivity contribution >= 4 is 29.1 Å². The highest BCUT2D eigenvalue weighted by Gasteiger charge is 2.31. The van der Waals surface area contributed by atoms with E-state index in [-0.39, 0.29) is 0 Å². The van der Waals surface area contributed by atoms with Crippen molar-refractivity contribution in [3.63, 3.8) is 0 Å². The van der Waals surface area contributed by atoms with Gasteiger partial charge in [-0.15, -0.1) is 11.3 Å². The first-order valence-electron chi connectivity index (χ1n) is 7.27. The van der Waals surface area contributed by atoms with Crippen molar-refractivity contribution in [3.05, 3.63) is 15.6 Å². The molecule has 7 heteroatoms. The Labute approximate surface area is 134 Å². The van der Waals surface area contributed by atoms with Gasteiger partial charge in [0.05, 0.1) is 17.8 Å². The predicted molar refractivity (Wildman–Crippen MR) is 91.3 cm³/mol. The summed E-state index contributed by atoms with van der Waals surface area (Å²) >= 11 is 3.49. The number of aliphatic imine (C=N–C) groups is 1. The Morgan fingerprint density at radius 1 is 1.43 bits per heavy atom. The maximum atomic E-state index is 10.4. The molecule has 0 radical (unpaired) electrons. The SMILES string of the molecule is CCNC(=NCc1nc(C)c(C)s1)NCC1(O)CCSC1. The Bertz CT molecular complexity index is 476. The number of aromatic nitrogens is 1. The van der Waals surface area contributed by atoms with Crippen molar-refractivity contribution in [1.29, 1.82) is 0 Å². The van der Waals surface area contributed by atoms with Gasteiger partial charge in [0, 0.05) is 23.7 Å². The third-order valence-electron chi connectivity index (χ3n) is 3.46. The zero-order valence-corrected chi connectivity index (χ0v) is 14.5. The van der Waals surface area contributed by atoms with Crippen LogP contribution in [-0.4, -0.2) is 46.2 Å². The molecule has 118 valence electrons. The van der Waals surface area contributed by atoms with E-state index >= 15 is 0 Å². The molecule has 2 rings (SSSR count). The van der Waals surface area contributed by atoms with Gasteiger partial charge in [0.15, 0.2) is 5.96 Å². The van der Waals surface area contributed by atoms with Gasteiger partial charge in [0.2, 0.25) is 0 Å². The standard InChI is InChI=1S/C14H24N4OS2/c1-4-15-13(17-8-14(19)5-6-20-9-14)16-7-12-18-10(2)11(3)21-12/h19H,4-9H2,1-3H3,(H2,15,16,17). The van der Waals surface area contributed by atoms with Gasteiger partial charge in [0.25, 0.3) is 0 Å². The molecule has 1 unspecified atom stereocenters. The number of thioether (sulfide) groups is 1. The van der Waals surface area contributed by atoms with E-state index in [4.69, 9.17) is 0 Å². The van der Waals surface area contributed by atoms with Crippen molar-refractivity contribution in [3.8, 4) is 0 Å². The molecule has 1 fully saturated rings. The van der Waals surface area contributed by atoms with Crippen molar-refractivity contribution in [2.45, 2.75) is 39.3 Å². The fourth-order valence-corrected chi connectivity index (χ4v) is 4.23. The summed E-state index contributed by atoms with van der Waals surface area (Å²) in [4.78, 5) is 10.3. The van der Waals surface area contributed by atoms with Gasteiger partial charge in [-0.05, 0) is 32.9 Å². The van der Waals surface area contributed by atoms with E-state index in [1.54, 1.807) is 23.1 Å². The normalized spacial score (nSPS) is 22.6. The third-order valence-corrected chi connectivity index (χ3v) is 5.75. The fraction of sp³-hybridized carbons (Fsp3) is 0.714. The lowest BCUT2D eigenvalue weighted by molar-refractivity contribution is 0.0724. The van der Waals surface area contributed by atoms with Crippen LogP contribution < -0.4 is 10.6 Å². The zero-order chi connectivity index (χ0) is 15.3. The van der Waals surface area contributed by atoms with Crippen LogP contribution in [0.4, 0.5) is 0 Å². The summed E-state index contributed by atoms with van der Waals surface area (Å²) in [6.07, 6.45) is 0.842. The second-order valence-electron chi connectivity index (χ2n) is 5.32. The van der Waals surface area contributed by atoms with E-state index in [2.05, 4.69) is 27.5 Å². The highest BCUT2D eigenvalue weighted by atomic mass is 32.2. The van der Waals surface area contributed by atoms with Gasteiger partial charge in [-0.25, -0.2) is 9.98 Å². The van der Waals surface area contributed by atoms with Crippen LogP contribution in [0.1, 0.15) is 28.9 Å². The number of guanidine groups is 1. The molecule has 1 aliphatic rings. The zero-order valence-electron chi connectivity index (χ0n) is 12.9. The number of aryl methyl sites for hydroxylation is 2. The third kappa shape index (κ3) is 4.86. The second-order valence-corrected chi connectivity index (χ2v) is 7.72. The van der Waals surface area contributed by atoms with Crippen LogP contribution in [0.25, 0.3) is 0 Å². The van der Waals surface area contributed by atoms with Crippen LogP contribution in [-0.2, 0) is 6.54 Å². The van der Waals surface area contributed by atoms with E-state index in [1.807, 2.05) is 13.8 Å². The maximum Gasteiger partial charge on any atom is 0.191 e. The summed E-state index contributed by atoms with van der Waals surface area (Å²) in [5.74, 6) is 2.57. The molecule has 5 nitrogen and oxygen atoms in total. The maximum absolute atomic E-state index is 10.4. The van der Waals surface area contributed by atoms with E-state index in [1.165, 1.54) is 4.88 Å². The van der Waals surface area contributed by atoms with Crippen LogP contribution in [0.15, 0.2) is 4.99 Å². The average Bonchev–Trinajstić information content (AvgIpc) is 3.01. The van der Waals surface area contributed by atoms with Gasteiger partial charge in [-0.3, -0.25) is 0 Å². The first-order valence-corrected chi connectivity index (χ1v) is 9.25. The number of nitrogens with zero attached hydrogens (tertiary/aromatic N) is 2. The number of rotatable bonds is 5. The average molecular weight is 329 g/mol. The first kappa shape index (κ1) is 16.6. The lowest BCUT2D eigenvalue weighted by Gasteiger charge is -2.23. The molecule has 0 aliphatic carbocycles. The summed E-state index contributed by atoms with van der Waals surface area (Å²) in [5.41, 5.74) is 0.482. The number of aliphatic hydroxyl groups is 1. The monoisotopic (exact) mass is 328 g/mol. The van der Waals surface area contributed by atoms with Crippen LogP contribution in [0.3, 0.4) is 0 Å². The molecule has 0 amide bonds. The molecule has 21 heavy (non-hydrogen) atoms. The molecule has 1 aromatic heterocycles. The predicted octanol–water partition coefficient (Wildman–Crippen LogP) is 1.68. The molecule has 0 aromatic carbocycles. The molecule has 1 aromatic rings. The summed E-state index contributed by atoms with van der Waals surface area (Å²) in [7, 11) is 0. The molecule has 1 atom stereocenters. The van der Waals surface area contributed by atoms with Gasteiger partial charge < -0.3 is 15.7 Å². The Hall–Kier alpha value is -0.790. The Morgan fingerprint density at radius 2 is 2.24 bits per heavy atom.